The van der Waals surface area contributed by atoms with Gasteiger partial charge in [-0.05, 0) is 42.0 Å². The van der Waals surface area contributed by atoms with E-state index in [9.17, 15) is 25.6 Å². The van der Waals surface area contributed by atoms with Crippen molar-refractivity contribution >= 4 is 19.9 Å². The number of halogens is 2. The van der Waals surface area contributed by atoms with Crippen molar-refractivity contribution in [3.05, 3.63) is 48.0 Å². The smallest absolute Gasteiger partial charge is 0.387 e. The van der Waals surface area contributed by atoms with Crippen LogP contribution in [0.3, 0.4) is 0 Å². The molecule has 172 valence electrons. The van der Waals surface area contributed by atoms with E-state index in [2.05, 4.69) is 9.46 Å². The van der Waals surface area contributed by atoms with Crippen molar-refractivity contribution in [1.29, 1.82) is 0 Å². The summed E-state index contributed by atoms with van der Waals surface area (Å²) < 4.78 is 89.7. The molecule has 0 unspecified atom stereocenters. The molecular formula is C19H23F2NO7S2. The molecule has 0 bridgehead atoms. The van der Waals surface area contributed by atoms with Crippen LogP contribution < -0.4 is 18.9 Å². The van der Waals surface area contributed by atoms with Crippen LogP contribution in [0.4, 0.5) is 8.78 Å². The zero-order valence-corrected chi connectivity index (χ0v) is 18.5. The Balaban J connectivity index is 1.99. The number of rotatable bonds is 12. The van der Waals surface area contributed by atoms with Gasteiger partial charge in [0.15, 0.2) is 21.3 Å². The lowest BCUT2D eigenvalue weighted by atomic mass is 10.2. The Labute approximate surface area is 180 Å². The predicted octanol–water partition coefficient (Wildman–Crippen LogP) is 2.59. The molecule has 0 spiro atoms. The molecule has 0 heterocycles. The first-order chi connectivity index (χ1) is 14.6. The molecule has 2 aromatic carbocycles. The van der Waals surface area contributed by atoms with E-state index in [1.54, 1.807) is 6.92 Å². The fourth-order valence-corrected chi connectivity index (χ4v) is 4.07. The quantitative estimate of drug-likeness (QED) is 0.499. The highest BCUT2D eigenvalue weighted by Crippen LogP contribution is 2.29. The topological polar surface area (TPSA) is 108 Å². The van der Waals surface area contributed by atoms with Gasteiger partial charge in [-0.2, -0.15) is 8.78 Å². The SMILES string of the molecule is CCS(=O)(=O)CCOc1ccc(S(=O)(=O)NCc2ccc(OC(F)F)c(OC)c2)cc1. The highest BCUT2D eigenvalue weighted by Gasteiger charge is 2.16. The molecule has 0 saturated heterocycles. The van der Waals surface area contributed by atoms with Gasteiger partial charge in [-0.3, -0.25) is 0 Å². The molecule has 2 aromatic rings. The summed E-state index contributed by atoms with van der Waals surface area (Å²) in [5.74, 6) is 0.114. The van der Waals surface area contributed by atoms with Crippen LogP contribution in [0.2, 0.25) is 0 Å². The summed E-state index contributed by atoms with van der Waals surface area (Å²) in [5, 5.41) is 0. The number of hydrogen-bond donors (Lipinski definition) is 1. The molecule has 0 aliphatic heterocycles. The minimum absolute atomic E-state index is 0.0209. The number of benzene rings is 2. The zero-order chi connectivity index (χ0) is 23.1. The molecule has 2 rings (SSSR count). The van der Waals surface area contributed by atoms with Crippen molar-refractivity contribution in [2.45, 2.75) is 25.0 Å². The molecular weight excluding hydrogens is 456 g/mol. The second kappa shape index (κ2) is 10.7. The van der Waals surface area contributed by atoms with Crippen molar-refractivity contribution in [3.8, 4) is 17.2 Å². The van der Waals surface area contributed by atoms with E-state index in [1.807, 2.05) is 0 Å². The molecule has 0 amide bonds. The van der Waals surface area contributed by atoms with Crippen molar-refractivity contribution in [1.82, 2.24) is 4.72 Å². The lowest BCUT2D eigenvalue weighted by Crippen LogP contribution is -2.23. The summed E-state index contributed by atoms with van der Waals surface area (Å²) in [5.41, 5.74) is 0.471. The van der Waals surface area contributed by atoms with Crippen molar-refractivity contribution in [2.75, 3.05) is 25.2 Å². The molecule has 0 fully saturated rings. The first kappa shape index (κ1) is 24.8. The van der Waals surface area contributed by atoms with E-state index < -0.39 is 26.5 Å². The Morgan fingerprint density at radius 2 is 1.68 bits per heavy atom. The van der Waals surface area contributed by atoms with Gasteiger partial charge in [0, 0.05) is 12.3 Å². The van der Waals surface area contributed by atoms with Crippen molar-refractivity contribution in [3.63, 3.8) is 0 Å². The number of methoxy groups -OCH3 is 1. The molecule has 8 nitrogen and oxygen atoms in total. The molecule has 1 N–H and O–H groups in total. The summed E-state index contributed by atoms with van der Waals surface area (Å²) in [7, 11) is -5.74. The fourth-order valence-electron chi connectivity index (χ4n) is 2.42. The second-order valence-corrected chi connectivity index (χ2v) is 10.5. The van der Waals surface area contributed by atoms with Crippen molar-refractivity contribution < 1.29 is 39.8 Å². The standard InChI is InChI=1S/C19H23F2NO7S2/c1-3-30(23,24)11-10-28-15-5-7-16(8-6-15)31(25,26)22-13-14-4-9-17(29-19(20)21)18(12-14)27-2/h4-9,12,19,22H,3,10-11,13H2,1-2H3. The Kier molecular flexibility index (Phi) is 8.60. The Morgan fingerprint density at radius 3 is 2.26 bits per heavy atom. The maximum absolute atomic E-state index is 12.5. The van der Waals surface area contributed by atoms with Gasteiger partial charge in [0.1, 0.15) is 12.4 Å². The van der Waals surface area contributed by atoms with Gasteiger partial charge < -0.3 is 14.2 Å². The maximum atomic E-state index is 12.5. The van der Waals surface area contributed by atoms with Crippen LogP contribution in [0.1, 0.15) is 12.5 Å². The Morgan fingerprint density at radius 1 is 1.00 bits per heavy atom. The van der Waals surface area contributed by atoms with Crippen LogP contribution in [0.25, 0.3) is 0 Å². The van der Waals surface area contributed by atoms with Crippen LogP contribution in [0, 0.1) is 0 Å². The molecule has 31 heavy (non-hydrogen) atoms. The molecule has 0 atom stereocenters. The number of nitrogens with one attached hydrogen (secondary N) is 1. The van der Waals surface area contributed by atoms with Gasteiger partial charge in [-0.25, -0.2) is 21.6 Å². The normalized spacial score (nSPS) is 12.0. The first-order valence-corrected chi connectivity index (χ1v) is 12.4. The number of ether oxygens (including phenoxy) is 3. The Hall–Kier alpha value is -2.44. The minimum atomic E-state index is -3.87. The number of alkyl halides is 2. The van der Waals surface area contributed by atoms with Gasteiger partial charge in [-0.1, -0.05) is 13.0 Å². The molecule has 0 aliphatic carbocycles. The molecule has 0 radical (unpaired) electrons. The lowest BCUT2D eigenvalue weighted by Gasteiger charge is -2.12. The van der Waals surface area contributed by atoms with E-state index in [-0.39, 0.29) is 41.1 Å². The van der Waals surface area contributed by atoms with Crippen LogP contribution in [-0.4, -0.2) is 48.7 Å². The van der Waals surface area contributed by atoms with Crippen molar-refractivity contribution in [2.24, 2.45) is 0 Å². The minimum Gasteiger partial charge on any atom is -0.493 e. The highest BCUT2D eigenvalue weighted by molar-refractivity contribution is 7.91. The third-order valence-electron chi connectivity index (χ3n) is 4.15. The fraction of sp³-hybridized carbons (Fsp3) is 0.368. The van der Waals surface area contributed by atoms with Crippen LogP contribution in [0.5, 0.6) is 17.2 Å². The number of sulfone groups is 1. The van der Waals surface area contributed by atoms with Crippen LogP contribution in [0.15, 0.2) is 47.4 Å². The van der Waals surface area contributed by atoms with E-state index in [0.717, 1.165) is 0 Å². The number of sulfonamides is 1. The summed E-state index contributed by atoms with van der Waals surface area (Å²) >= 11 is 0. The van der Waals surface area contributed by atoms with E-state index in [0.29, 0.717) is 11.3 Å². The van der Waals surface area contributed by atoms with Gasteiger partial charge in [0.2, 0.25) is 10.0 Å². The summed E-state index contributed by atoms with van der Waals surface area (Å²) in [6.45, 7) is -1.61. The summed E-state index contributed by atoms with van der Waals surface area (Å²) in [4.78, 5) is -0.0225. The summed E-state index contributed by atoms with van der Waals surface area (Å²) in [6, 6.07) is 9.59. The van der Waals surface area contributed by atoms with Crippen LogP contribution >= 0.6 is 0 Å². The largest absolute Gasteiger partial charge is 0.493 e. The first-order valence-electron chi connectivity index (χ1n) is 9.11. The molecule has 12 heteroatoms. The third kappa shape index (κ3) is 7.64. The zero-order valence-electron chi connectivity index (χ0n) is 16.9. The average Bonchev–Trinajstić information content (AvgIpc) is 2.73. The average molecular weight is 480 g/mol. The molecule has 0 aromatic heterocycles. The predicted molar refractivity (Wildman–Crippen MR) is 110 cm³/mol. The van der Waals surface area contributed by atoms with Gasteiger partial charge in [0.25, 0.3) is 0 Å². The maximum Gasteiger partial charge on any atom is 0.387 e. The molecule has 0 aliphatic rings. The van der Waals surface area contributed by atoms with E-state index in [4.69, 9.17) is 9.47 Å². The van der Waals surface area contributed by atoms with E-state index >= 15 is 0 Å². The van der Waals surface area contributed by atoms with Gasteiger partial charge in [0.05, 0.1) is 17.8 Å². The lowest BCUT2D eigenvalue weighted by molar-refractivity contribution is -0.0512. The van der Waals surface area contributed by atoms with Gasteiger partial charge in [-0.15, -0.1) is 0 Å². The highest BCUT2D eigenvalue weighted by atomic mass is 32.2. The monoisotopic (exact) mass is 479 g/mol. The van der Waals surface area contributed by atoms with E-state index in [1.165, 1.54) is 49.6 Å². The third-order valence-corrected chi connectivity index (χ3v) is 7.23. The molecule has 0 saturated carbocycles. The van der Waals surface area contributed by atoms with Crippen LogP contribution in [-0.2, 0) is 26.4 Å². The number of hydrogen-bond acceptors (Lipinski definition) is 7. The van der Waals surface area contributed by atoms with Gasteiger partial charge >= 0.3 is 6.61 Å². The second-order valence-electron chi connectivity index (χ2n) is 6.24. The Bertz CT molecular complexity index is 1070. The summed E-state index contributed by atoms with van der Waals surface area (Å²) in [6.07, 6.45) is 0.